The van der Waals surface area contributed by atoms with Gasteiger partial charge in [-0.3, -0.25) is 9.69 Å². The van der Waals surface area contributed by atoms with Crippen molar-refractivity contribution in [1.82, 2.24) is 4.90 Å². The summed E-state index contributed by atoms with van der Waals surface area (Å²) in [6.45, 7) is 7.77. The van der Waals surface area contributed by atoms with Gasteiger partial charge in [-0.1, -0.05) is 31.6 Å². The number of rotatable bonds is 10. The Hall–Kier alpha value is -1.81. The van der Waals surface area contributed by atoms with E-state index in [1.54, 1.807) is 0 Å². The lowest BCUT2D eigenvalue weighted by atomic mass is 9.86. The number of esters is 1. The van der Waals surface area contributed by atoms with Crippen LogP contribution in [0.1, 0.15) is 77.2 Å². The van der Waals surface area contributed by atoms with Gasteiger partial charge in [0.25, 0.3) is 0 Å². The van der Waals surface area contributed by atoms with Crippen LogP contribution in [0.15, 0.2) is 30.3 Å². The van der Waals surface area contributed by atoms with Crippen LogP contribution >= 0.6 is 0 Å². The first-order chi connectivity index (χ1) is 14.7. The number of hydrogen-bond acceptors (Lipinski definition) is 4. The molecule has 166 valence electrons. The molecule has 1 aromatic rings. The zero-order valence-corrected chi connectivity index (χ0v) is 18.9. The van der Waals surface area contributed by atoms with Gasteiger partial charge in [0.15, 0.2) is 0 Å². The van der Waals surface area contributed by atoms with E-state index in [4.69, 9.17) is 9.47 Å². The van der Waals surface area contributed by atoms with Crippen molar-refractivity contribution in [1.29, 1.82) is 0 Å². The summed E-state index contributed by atoms with van der Waals surface area (Å²) in [6.07, 6.45) is 12.7. The first kappa shape index (κ1) is 22.9. The Kier molecular flexibility index (Phi) is 9.26. The highest BCUT2D eigenvalue weighted by Gasteiger charge is 2.21. The van der Waals surface area contributed by atoms with Crippen molar-refractivity contribution in [2.45, 2.75) is 77.7 Å². The second-order valence-corrected chi connectivity index (χ2v) is 8.74. The quantitative estimate of drug-likeness (QED) is 0.356. The molecular weight excluding hydrogens is 374 g/mol. The SMILES string of the molecule is CCOC(=O)CCCCN1CC=C(c2ccc(OC3CCC(CC)CC3)cc2)CC1. The number of benzene rings is 1. The molecule has 1 aliphatic heterocycles. The Morgan fingerprint density at radius 2 is 1.83 bits per heavy atom. The fourth-order valence-electron chi connectivity index (χ4n) is 4.61. The fraction of sp³-hybridized carbons (Fsp3) is 0.654. The molecule has 1 aliphatic carbocycles. The molecule has 0 amide bonds. The highest BCUT2D eigenvalue weighted by Crippen LogP contribution is 2.30. The average molecular weight is 414 g/mol. The van der Waals surface area contributed by atoms with Gasteiger partial charge in [-0.25, -0.2) is 0 Å². The van der Waals surface area contributed by atoms with Crippen LogP contribution in [0.4, 0.5) is 0 Å². The maximum atomic E-state index is 11.4. The summed E-state index contributed by atoms with van der Waals surface area (Å²) in [7, 11) is 0. The second kappa shape index (κ2) is 12.1. The van der Waals surface area contributed by atoms with Crippen LogP contribution < -0.4 is 4.74 Å². The van der Waals surface area contributed by atoms with Crippen molar-refractivity contribution < 1.29 is 14.3 Å². The molecule has 0 spiro atoms. The standard InChI is InChI=1S/C26H39NO3/c1-3-21-8-12-24(13-9-21)30-25-14-10-22(11-15-25)23-16-19-27(20-17-23)18-6-5-7-26(28)29-4-2/h10-11,14-16,21,24H,3-9,12-13,17-20H2,1-2H3. The van der Waals surface area contributed by atoms with E-state index < -0.39 is 0 Å². The fourth-order valence-corrected chi connectivity index (χ4v) is 4.61. The summed E-state index contributed by atoms with van der Waals surface area (Å²) in [4.78, 5) is 13.9. The Balaban J connectivity index is 1.39. The summed E-state index contributed by atoms with van der Waals surface area (Å²) in [5.74, 6) is 1.85. The third kappa shape index (κ3) is 7.16. The average Bonchev–Trinajstić information content (AvgIpc) is 2.78. The minimum atomic E-state index is -0.0700. The molecule has 0 unspecified atom stereocenters. The summed E-state index contributed by atoms with van der Waals surface area (Å²) in [6, 6.07) is 8.72. The molecular formula is C26H39NO3. The third-order valence-corrected chi connectivity index (χ3v) is 6.60. The summed E-state index contributed by atoms with van der Waals surface area (Å²) in [5.41, 5.74) is 2.76. The van der Waals surface area contributed by atoms with Gasteiger partial charge < -0.3 is 9.47 Å². The van der Waals surface area contributed by atoms with E-state index in [0.29, 0.717) is 19.1 Å². The second-order valence-electron chi connectivity index (χ2n) is 8.74. The zero-order valence-electron chi connectivity index (χ0n) is 18.9. The summed E-state index contributed by atoms with van der Waals surface area (Å²) >= 11 is 0. The van der Waals surface area contributed by atoms with Crippen LogP contribution in [0, 0.1) is 5.92 Å². The van der Waals surface area contributed by atoms with Crippen molar-refractivity contribution in [2.75, 3.05) is 26.2 Å². The maximum Gasteiger partial charge on any atom is 0.305 e. The number of ether oxygens (including phenoxy) is 2. The van der Waals surface area contributed by atoms with Crippen LogP contribution in [-0.2, 0) is 9.53 Å². The van der Waals surface area contributed by atoms with Gasteiger partial charge in [-0.2, -0.15) is 0 Å². The molecule has 1 aromatic carbocycles. The molecule has 0 atom stereocenters. The van der Waals surface area contributed by atoms with Crippen LogP contribution in [0.3, 0.4) is 0 Å². The first-order valence-electron chi connectivity index (χ1n) is 12.0. The molecule has 0 bridgehead atoms. The van der Waals surface area contributed by atoms with Gasteiger partial charge in [0.05, 0.1) is 12.7 Å². The molecule has 4 nitrogen and oxygen atoms in total. The Bertz CT molecular complexity index is 674. The van der Waals surface area contributed by atoms with E-state index in [9.17, 15) is 4.79 Å². The highest BCUT2D eigenvalue weighted by molar-refractivity contribution is 5.69. The van der Waals surface area contributed by atoms with E-state index in [-0.39, 0.29) is 5.97 Å². The minimum Gasteiger partial charge on any atom is -0.490 e. The molecule has 0 saturated heterocycles. The normalized spacial score (nSPS) is 22.4. The van der Waals surface area contributed by atoms with Gasteiger partial charge >= 0.3 is 5.97 Å². The Morgan fingerprint density at radius 3 is 2.47 bits per heavy atom. The molecule has 1 saturated carbocycles. The highest BCUT2D eigenvalue weighted by atomic mass is 16.5. The number of carbonyl (C=O) groups excluding carboxylic acids is 1. The minimum absolute atomic E-state index is 0.0700. The van der Waals surface area contributed by atoms with Gasteiger partial charge in [0.1, 0.15) is 5.75 Å². The summed E-state index contributed by atoms with van der Waals surface area (Å²) < 4.78 is 11.2. The number of unbranched alkanes of at least 4 members (excludes halogenated alkanes) is 1. The lowest BCUT2D eigenvalue weighted by Crippen LogP contribution is -2.29. The maximum absolute atomic E-state index is 11.4. The number of hydrogen-bond donors (Lipinski definition) is 0. The largest absolute Gasteiger partial charge is 0.490 e. The van der Waals surface area contributed by atoms with Crippen LogP contribution in [0.25, 0.3) is 5.57 Å². The third-order valence-electron chi connectivity index (χ3n) is 6.60. The van der Waals surface area contributed by atoms with Crippen molar-refractivity contribution in [3.05, 3.63) is 35.9 Å². The Labute approximate surface area is 182 Å². The van der Waals surface area contributed by atoms with Crippen molar-refractivity contribution in [2.24, 2.45) is 5.92 Å². The predicted octanol–water partition coefficient (Wildman–Crippen LogP) is 5.86. The molecule has 2 aliphatic rings. The topological polar surface area (TPSA) is 38.8 Å². The van der Waals surface area contributed by atoms with E-state index in [0.717, 1.165) is 50.6 Å². The Morgan fingerprint density at radius 1 is 1.07 bits per heavy atom. The molecule has 0 N–H and O–H groups in total. The number of carbonyl (C=O) groups is 1. The van der Waals surface area contributed by atoms with Gasteiger partial charge in [0, 0.05) is 19.5 Å². The van der Waals surface area contributed by atoms with Gasteiger partial charge in [-0.05, 0) is 87.6 Å². The van der Waals surface area contributed by atoms with E-state index in [1.165, 1.54) is 43.2 Å². The molecule has 4 heteroatoms. The van der Waals surface area contributed by atoms with Crippen molar-refractivity contribution in [3.8, 4) is 5.75 Å². The smallest absolute Gasteiger partial charge is 0.305 e. The lowest BCUT2D eigenvalue weighted by Gasteiger charge is -2.28. The van der Waals surface area contributed by atoms with E-state index in [1.807, 2.05) is 6.92 Å². The molecule has 0 radical (unpaired) electrons. The zero-order chi connectivity index (χ0) is 21.2. The van der Waals surface area contributed by atoms with Gasteiger partial charge in [0.2, 0.25) is 0 Å². The van der Waals surface area contributed by atoms with Crippen molar-refractivity contribution >= 4 is 11.5 Å². The van der Waals surface area contributed by atoms with Crippen LogP contribution in [0.2, 0.25) is 0 Å². The van der Waals surface area contributed by atoms with Gasteiger partial charge in [-0.15, -0.1) is 0 Å². The van der Waals surface area contributed by atoms with Crippen LogP contribution in [0.5, 0.6) is 5.75 Å². The molecule has 3 rings (SSSR count). The molecule has 1 fully saturated rings. The van der Waals surface area contributed by atoms with Crippen LogP contribution in [-0.4, -0.2) is 43.2 Å². The van der Waals surface area contributed by atoms with E-state index in [2.05, 4.69) is 42.2 Å². The van der Waals surface area contributed by atoms with Crippen molar-refractivity contribution in [3.63, 3.8) is 0 Å². The summed E-state index contributed by atoms with van der Waals surface area (Å²) in [5, 5.41) is 0. The first-order valence-corrected chi connectivity index (χ1v) is 12.0. The monoisotopic (exact) mass is 413 g/mol. The number of nitrogens with zero attached hydrogens (tertiary/aromatic N) is 1. The molecule has 30 heavy (non-hydrogen) atoms. The molecule has 1 heterocycles. The van der Waals surface area contributed by atoms with E-state index >= 15 is 0 Å². The molecule has 0 aromatic heterocycles. The predicted molar refractivity (Wildman–Crippen MR) is 123 cm³/mol. The lowest BCUT2D eigenvalue weighted by molar-refractivity contribution is -0.143.